The van der Waals surface area contributed by atoms with Crippen molar-refractivity contribution in [1.82, 2.24) is 10.6 Å². The van der Waals surface area contributed by atoms with Crippen LogP contribution in [-0.4, -0.2) is 36.3 Å². The van der Waals surface area contributed by atoms with E-state index in [2.05, 4.69) is 10.6 Å². The Labute approximate surface area is 164 Å². The molecule has 1 heterocycles. The first-order chi connectivity index (χ1) is 13.5. The fourth-order valence-corrected chi connectivity index (χ4v) is 3.66. The molecule has 0 bridgehead atoms. The highest BCUT2D eigenvalue weighted by atomic mass is 16.5. The van der Waals surface area contributed by atoms with E-state index >= 15 is 0 Å². The van der Waals surface area contributed by atoms with Crippen LogP contribution in [0.2, 0.25) is 0 Å². The van der Waals surface area contributed by atoms with Gasteiger partial charge in [0.15, 0.2) is 0 Å². The van der Waals surface area contributed by atoms with Gasteiger partial charge in [-0.05, 0) is 49.8 Å². The summed E-state index contributed by atoms with van der Waals surface area (Å²) in [7, 11) is 0. The van der Waals surface area contributed by atoms with Crippen molar-refractivity contribution in [2.24, 2.45) is 5.92 Å². The molecule has 1 aromatic carbocycles. The second-order valence-electron chi connectivity index (χ2n) is 7.47. The molecule has 1 aliphatic carbocycles. The number of nitrogens with one attached hydrogen (secondary N) is 2. The van der Waals surface area contributed by atoms with E-state index in [1.165, 1.54) is 6.42 Å². The topological polar surface area (TPSA) is 102 Å². The first-order valence-electron chi connectivity index (χ1n) is 9.91. The summed E-state index contributed by atoms with van der Waals surface area (Å²) in [6, 6.07) is 6.92. The maximum atomic E-state index is 12.2. The average molecular weight is 386 g/mol. The molecule has 1 aromatic rings. The molecule has 7 heteroatoms. The summed E-state index contributed by atoms with van der Waals surface area (Å²) in [5, 5.41) is 5.02. The normalized spacial score (nSPS) is 19.9. The third-order valence-corrected chi connectivity index (χ3v) is 5.23. The molecule has 3 rings (SSSR count). The summed E-state index contributed by atoms with van der Waals surface area (Å²) in [5.74, 6) is -1.36. The van der Waals surface area contributed by atoms with Gasteiger partial charge in [-0.3, -0.25) is 24.5 Å². The summed E-state index contributed by atoms with van der Waals surface area (Å²) in [4.78, 5) is 46.9. The van der Waals surface area contributed by atoms with E-state index in [0.29, 0.717) is 12.0 Å². The summed E-state index contributed by atoms with van der Waals surface area (Å²) < 4.78 is 5.43. The van der Waals surface area contributed by atoms with Crippen molar-refractivity contribution in [3.05, 3.63) is 35.4 Å². The zero-order valence-corrected chi connectivity index (χ0v) is 15.9. The minimum atomic E-state index is -0.345. The molecule has 1 unspecified atom stereocenters. The Bertz CT molecular complexity index is 738. The van der Waals surface area contributed by atoms with Crippen LogP contribution in [-0.2, 0) is 25.5 Å². The van der Waals surface area contributed by atoms with Crippen molar-refractivity contribution in [3.8, 4) is 0 Å². The van der Waals surface area contributed by atoms with E-state index < -0.39 is 0 Å². The van der Waals surface area contributed by atoms with Crippen molar-refractivity contribution >= 4 is 23.7 Å². The Kier molecular flexibility index (Phi) is 6.79. The van der Waals surface area contributed by atoms with Gasteiger partial charge in [-0.25, -0.2) is 0 Å². The number of imide groups is 1. The zero-order chi connectivity index (χ0) is 19.9. The molecule has 2 fully saturated rings. The zero-order valence-electron chi connectivity index (χ0n) is 15.9. The van der Waals surface area contributed by atoms with Crippen molar-refractivity contribution in [2.75, 3.05) is 6.54 Å². The summed E-state index contributed by atoms with van der Waals surface area (Å²) in [6.07, 6.45) is 6.13. The minimum Gasteiger partial charge on any atom is -0.462 e. The fourth-order valence-electron chi connectivity index (χ4n) is 3.66. The average Bonchev–Trinajstić information content (AvgIpc) is 3.00. The molecule has 28 heavy (non-hydrogen) atoms. The lowest BCUT2D eigenvalue weighted by Crippen LogP contribution is -2.28. The summed E-state index contributed by atoms with van der Waals surface area (Å²) >= 11 is 0. The van der Waals surface area contributed by atoms with Crippen LogP contribution in [0.4, 0.5) is 0 Å². The molecule has 2 N–H and O–H groups in total. The van der Waals surface area contributed by atoms with Crippen LogP contribution < -0.4 is 10.6 Å². The lowest BCUT2D eigenvalue weighted by atomic mass is 9.97. The van der Waals surface area contributed by atoms with Crippen molar-refractivity contribution in [1.29, 1.82) is 0 Å². The Morgan fingerprint density at radius 3 is 2.43 bits per heavy atom. The van der Waals surface area contributed by atoms with Crippen LogP contribution in [0.5, 0.6) is 0 Å². The van der Waals surface area contributed by atoms with Gasteiger partial charge in [0.05, 0.1) is 12.3 Å². The Morgan fingerprint density at radius 2 is 1.79 bits per heavy atom. The monoisotopic (exact) mass is 386 g/mol. The van der Waals surface area contributed by atoms with E-state index in [0.717, 1.165) is 31.2 Å². The molecule has 1 aliphatic heterocycles. The molecule has 7 nitrogen and oxygen atoms in total. The Balaban J connectivity index is 1.40. The molecule has 1 atom stereocenters. The highest BCUT2D eigenvalue weighted by Crippen LogP contribution is 2.20. The van der Waals surface area contributed by atoms with Crippen LogP contribution in [0, 0.1) is 5.92 Å². The van der Waals surface area contributed by atoms with E-state index in [9.17, 15) is 19.2 Å². The van der Waals surface area contributed by atoms with Gasteiger partial charge in [0.25, 0.3) is 5.91 Å². The van der Waals surface area contributed by atoms with Crippen molar-refractivity contribution in [2.45, 2.75) is 57.5 Å². The molecule has 0 aromatic heterocycles. The molecule has 3 amide bonds. The first-order valence-corrected chi connectivity index (χ1v) is 9.91. The van der Waals surface area contributed by atoms with Gasteiger partial charge in [-0.15, -0.1) is 0 Å². The molecule has 1 saturated carbocycles. The molecule has 0 radical (unpaired) electrons. The Hall–Kier alpha value is -2.70. The molecule has 0 spiro atoms. The number of hydrogen-bond donors (Lipinski definition) is 2. The molecule has 1 saturated heterocycles. The largest absolute Gasteiger partial charge is 0.462 e. The number of amides is 3. The molecule has 2 aliphatic rings. The standard InChI is InChI=1S/C21H26N2O5/c24-18-13-16(21(27)23-18)12-14-6-8-15(9-7-14)20(26)22-11-10-19(25)28-17-4-2-1-3-5-17/h6-9,16-17H,1-5,10-13H2,(H,22,26)(H,23,24,27). The highest BCUT2D eigenvalue weighted by Gasteiger charge is 2.30. The second-order valence-corrected chi connectivity index (χ2v) is 7.47. The number of hydrogen-bond acceptors (Lipinski definition) is 5. The minimum absolute atomic E-state index is 0.0294. The number of rotatable bonds is 7. The predicted octanol–water partition coefficient (Wildman–Crippen LogP) is 1.89. The number of carbonyl (C=O) groups excluding carboxylic acids is 4. The van der Waals surface area contributed by atoms with Gasteiger partial charge < -0.3 is 10.1 Å². The smallest absolute Gasteiger partial charge is 0.307 e. The molecular formula is C21H26N2O5. The molecular weight excluding hydrogens is 360 g/mol. The Morgan fingerprint density at radius 1 is 1.07 bits per heavy atom. The van der Waals surface area contributed by atoms with Gasteiger partial charge in [-0.2, -0.15) is 0 Å². The van der Waals surface area contributed by atoms with Crippen LogP contribution in [0.25, 0.3) is 0 Å². The van der Waals surface area contributed by atoms with E-state index in [-0.39, 0.29) is 55.1 Å². The van der Waals surface area contributed by atoms with Crippen molar-refractivity contribution < 1.29 is 23.9 Å². The number of carbonyl (C=O) groups is 4. The van der Waals surface area contributed by atoms with Crippen LogP contribution in [0.15, 0.2) is 24.3 Å². The van der Waals surface area contributed by atoms with Gasteiger partial charge in [0.2, 0.25) is 11.8 Å². The van der Waals surface area contributed by atoms with Crippen LogP contribution in [0.3, 0.4) is 0 Å². The number of esters is 1. The third kappa shape index (κ3) is 5.65. The van der Waals surface area contributed by atoms with Crippen LogP contribution >= 0.6 is 0 Å². The van der Waals surface area contributed by atoms with Crippen molar-refractivity contribution in [3.63, 3.8) is 0 Å². The van der Waals surface area contributed by atoms with Gasteiger partial charge in [0.1, 0.15) is 6.10 Å². The van der Waals surface area contributed by atoms with E-state index in [4.69, 9.17) is 4.74 Å². The SMILES string of the molecule is O=C1CC(Cc2ccc(C(=O)NCCC(=O)OC3CCCCC3)cc2)C(=O)N1. The highest BCUT2D eigenvalue weighted by molar-refractivity contribution is 6.03. The van der Waals surface area contributed by atoms with Gasteiger partial charge >= 0.3 is 5.97 Å². The molecule has 150 valence electrons. The summed E-state index contributed by atoms with van der Waals surface area (Å²) in [5.41, 5.74) is 1.37. The van der Waals surface area contributed by atoms with Crippen LogP contribution in [0.1, 0.15) is 60.9 Å². The third-order valence-electron chi connectivity index (χ3n) is 5.23. The number of benzene rings is 1. The maximum Gasteiger partial charge on any atom is 0.307 e. The quantitative estimate of drug-likeness (QED) is 0.550. The number of ether oxygens (including phenoxy) is 1. The van der Waals surface area contributed by atoms with E-state index in [1.807, 2.05) is 0 Å². The predicted molar refractivity (Wildman–Crippen MR) is 101 cm³/mol. The van der Waals surface area contributed by atoms with Gasteiger partial charge in [0, 0.05) is 18.5 Å². The second kappa shape index (κ2) is 9.48. The van der Waals surface area contributed by atoms with E-state index in [1.54, 1.807) is 24.3 Å². The lowest BCUT2D eigenvalue weighted by molar-refractivity contribution is -0.150. The first kappa shape index (κ1) is 20.0. The fraction of sp³-hybridized carbons (Fsp3) is 0.524. The lowest BCUT2D eigenvalue weighted by Gasteiger charge is -2.21. The van der Waals surface area contributed by atoms with Gasteiger partial charge in [-0.1, -0.05) is 18.6 Å². The summed E-state index contributed by atoms with van der Waals surface area (Å²) in [6.45, 7) is 0.233. The maximum absolute atomic E-state index is 12.2.